The highest BCUT2D eigenvalue weighted by Gasteiger charge is 2.08. The minimum atomic E-state index is -0.171. The third-order valence-electron chi connectivity index (χ3n) is 2.67. The van der Waals surface area contributed by atoms with E-state index in [1.54, 1.807) is 17.4 Å². The molecule has 18 heavy (non-hydrogen) atoms. The van der Waals surface area contributed by atoms with Gasteiger partial charge >= 0.3 is 0 Å². The first kappa shape index (κ1) is 13.5. The Balaban J connectivity index is 2.23. The Labute approximate surface area is 116 Å². The lowest BCUT2D eigenvalue weighted by molar-refractivity contribution is 0.587. The van der Waals surface area contributed by atoms with E-state index in [2.05, 4.69) is 12.2 Å². The van der Waals surface area contributed by atoms with E-state index in [-0.39, 0.29) is 5.82 Å². The normalized spacial score (nSPS) is 10.8. The van der Waals surface area contributed by atoms with Crippen LogP contribution in [0.15, 0.2) is 29.6 Å². The van der Waals surface area contributed by atoms with Crippen molar-refractivity contribution in [3.63, 3.8) is 0 Å². The van der Waals surface area contributed by atoms with Gasteiger partial charge in [0.25, 0.3) is 0 Å². The lowest BCUT2D eigenvalue weighted by Gasteiger charge is -2.07. The van der Waals surface area contributed by atoms with Gasteiger partial charge in [-0.25, -0.2) is 4.39 Å². The highest BCUT2D eigenvalue weighted by Crippen LogP contribution is 2.33. The lowest BCUT2D eigenvalue weighted by Crippen LogP contribution is -2.14. The Morgan fingerprint density at radius 1 is 1.33 bits per heavy atom. The summed E-state index contributed by atoms with van der Waals surface area (Å²) in [6.45, 7) is 3.53. The molecule has 1 nitrogen and oxygen atoms in total. The monoisotopic (exact) mass is 283 g/mol. The van der Waals surface area contributed by atoms with Crippen LogP contribution < -0.4 is 5.32 Å². The van der Waals surface area contributed by atoms with Crippen molar-refractivity contribution in [2.75, 3.05) is 6.54 Å². The molecule has 0 saturated heterocycles. The van der Waals surface area contributed by atoms with E-state index >= 15 is 0 Å². The smallest absolute Gasteiger partial charge is 0.127 e. The van der Waals surface area contributed by atoms with Crippen LogP contribution in [-0.4, -0.2) is 6.54 Å². The predicted molar refractivity (Wildman–Crippen MR) is 76.7 cm³/mol. The molecular weight excluding hydrogens is 269 g/mol. The van der Waals surface area contributed by atoms with E-state index in [9.17, 15) is 4.39 Å². The third kappa shape index (κ3) is 3.10. The highest BCUT2D eigenvalue weighted by atomic mass is 35.5. The topological polar surface area (TPSA) is 12.0 Å². The average Bonchev–Trinajstić information content (AvgIpc) is 2.78. The van der Waals surface area contributed by atoms with E-state index in [1.807, 2.05) is 17.5 Å². The van der Waals surface area contributed by atoms with Gasteiger partial charge in [-0.1, -0.05) is 24.6 Å². The second-order valence-corrected chi connectivity index (χ2v) is 5.40. The summed E-state index contributed by atoms with van der Waals surface area (Å²) in [6, 6.07) is 7.01. The second-order valence-electron chi connectivity index (χ2n) is 4.08. The van der Waals surface area contributed by atoms with Crippen molar-refractivity contribution in [3.8, 4) is 10.4 Å². The summed E-state index contributed by atoms with van der Waals surface area (Å²) in [7, 11) is 0. The van der Waals surface area contributed by atoms with Crippen molar-refractivity contribution in [1.82, 2.24) is 5.32 Å². The molecule has 2 aromatic rings. The van der Waals surface area contributed by atoms with Crippen LogP contribution in [0.5, 0.6) is 0 Å². The molecule has 1 heterocycles. The van der Waals surface area contributed by atoms with Gasteiger partial charge < -0.3 is 5.32 Å². The summed E-state index contributed by atoms with van der Waals surface area (Å²) < 4.78 is 13.7. The van der Waals surface area contributed by atoms with Gasteiger partial charge in [0.05, 0.1) is 9.90 Å². The van der Waals surface area contributed by atoms with Crippen molar-refractivity contribution in [2.24, 2.45) is 0 Å². The van der Waals surface area contributed by atoms with E-state index in [1.165, 1.54) is 6.07 Å². The third-order valence-corrected chi connectivity index (χ3v) is 4.06. The number of nitrogens with one attached hydrogen (secondary N) is 1. The van der Waals surface area contributed by atoms with Crippen molar-refractivity contribution in [1.29, 1.82) is 0 Å². The number of hydrogen-bond donors (Lipinski definition) is 1. The standard InChI is InChI=1S/C14H15ClFNS/c1-2-6-17-9-11-8-10(3-4-13(11)16)14-12(15)5-7-18-14/h3-5,7-8,17H,2,6,9H2,1H3. The second kappa shape index (κ2) is 6.32. The quantitative estimate of drug-likeness (QED) is 0.784. The first-order valence-electron chi connectivity index (χ1n) is 5.95. The van der Waals surface area contributed by atoms with Gasteiger partial charge in [0.1, 0.15) is 5.82 Å². The van der Waals surface area contributed by atoms with Gasteiger partial charge in [-0.05, 0) is 42.1 Å². The van der Waals surface area contributed by atoms with Gasteiger partial charge in [0.15, 0.2) is 0 Å². The molecule has 1 aromatic heterocycles. The van der Waals surface area contributed by atoms with E-state index < -0.39 is 0 Å². The van der Waals surface area contributed by atoms with Gasteiger partial charge in [0, 0.05) is 12.1 Å². The minimum absolute atomic E-state index is 0.171. The molecule has 0 atom stereocenters. The molecule has 1 aromatic carbocycles. The molecule has 2 rings (SSSR count). The first-order chi connectivity index (χ1) is 8.72. The summed E-state index contributed by atoms with van der Waals surface area (Å²) in [5.41, 5.74) is 1.66. The molecule has 0 bridgehead atoms. The maximum Gasteiger partial charge on any atom is 0.127 e. The van der Waals surface area contributed by atoms with Gasteiger partial charge in [-0.3, -0.25) is 0 Å². The van der Waals surface area contributed by atoms with E-state index in [0.717, 1.165) is 28.4 Å². The molecule has 0 aliphatic rings. The van der Waals surface area contributed by atoms with Crippen LogP contribution in [0, 0.1) is 5.82 Å². The van der Waals surface area contributed by atoms with Crippen LogP contribution in [0.25, 0.3) is 10.4 Å². The molecule has 0 aliphatic carbocycles. The summed E-state index contributed by atoms with van der Waals surface area (Å²) in [6.07, 6.45) is 1.04. The summed E-state index contributed by atoms with van der Waals surface area (Å²) in [4.78, 5) is 0.994. The molecule has 0 amide bonds. The average molecular weight is 284 g/mol. The number of halogens is 2. The van der Waals surface area contributed by atoms with Crippen molar-refractivity contribution >= 4 is 22.9 Å². The van der Waals surface area contributed by atoms with Crippen LogP contribution in [0.1, 0.15) is 18.9 Å². The fourth-order valence-electron chi connectivity index (χ4n) is 1.75. The molecule has 0 spiro atoms. The summed E-state index contributed by atoms with van der Waals surface area (Å²) in [5, 5.41) is 5.87. The molecule has 0 aliphatic heterocycles. The fraction of sp³-hybridized carbons (Fsp3) is 0.286. The number of thiophene rings is 1. The molecule has 0 radical (unpaired) electrons. The van der Waals surface area contributed by atoms with Crippen LogP contribution in [0.3, 0.4) is 0 Å². The Morgan fingerprint density at radius 2 is 2.17 bits per heavy atom. The highest BCUT2D eigenvalue weighted by molar-refractivity contribution is 7.14. The fourth-order valence-corrected chi connectivity index (χ4v) is 2.92. The SMILES string of the molecule is CCCNCc1cc(-c2sccc2Cl)ccc1F. The molecule has 1 N–H and O–H groups in total. The van der Waals surface area contributed by atoms with Crippen molar-refractivity contribution < 1.29 is 4.39 Å². The number of hydrogen-bond acceptors (Lipinski definition) is 2. The Hall–Kier alpha value is -0.900. The molecule has 0 saturated carbocycles. The zero-order valence-electron chi connectivity index (χ0n) is 10.2. The summed E-state index contributed by atoms with van der Waals surface area (Å²) in [5.74, 6) is -0.171. The van der Waals surface area contributed by atoms with Crippen LogP contribution in [0.4, 0.5) is 4.39 Å². The van der Waals surface area contributed by atoms with Crippen LogP contribution in [0.2, 0.25) is 5.02 Å². The van der Waals surface area contributed by atoms with Gasteiger partial charge in [0.2, 0.25) is 0 Å². The van der Waals surface area contributed by atoms with Crippen LogP contribution in [-0.2, 0) is 6.54 Å². The maximum atomic E-state index is 13.7. The molecular formula is C14H15ClFNS. The predicted octanol–water partition coefficient (Wildman–Crippen LogP) is 4.71. The largest absolute Gasteiger partial charge is 0.313 e. The molecule has 0 fully saturated rings. The molecule has 96 valence electrons. The Morgan fingerprint density at radius 3 is 2.83 bits per heavy atom. The molecule has 0 unspecified atom stereocenters. The van der Waals surface area contributed by atoms with Crippen molar-refractivity contribution in [3.05, 3.63) is 46.0 Å². The van der Waals surface area contributed by atoms with Gasteiger partial charge in [-0.2, -0.15) is 0 Å². The zero-order chi connectivity index (χ0) is 13.0. The maximum absolute atomic E-state index is 13.7. The lowest BCUT2D eigenvalue weighted by atomic mass is 10.1. The molecule has 4 heteroatoms. The van der Waals surface area contributed by atoms with Crippen LogP contribution >= 0.6 is 22.9 Å². The van der Waals surface area contributed by atoms with E-state index in [4.69, 9.17) is 11.6 Å². The minimum Gasteiger partial charge on any atom is -0.313 e. The van der Waals surface area contributed by atoms with E-state index in [0.29, 0.717) is 12.1 Å². The number of benzene rings is 1. The summed E-state index contributed by atoms with van der Waals surface area (Å²) >= 11 is 7.67. The Bertz CT molecular complexity index is 524. The Kier molecular flexibility index (Phi) is 4.75. The van der Waals surface area contributed by atoms with Gasteiger partial charge in [-0.15, -0.1) is 11.3 Å². The zero-order valence-corrected chi connectivity index (χ0v) is 11.7. The first-order valence-corrected chi connectivity index (χ1v) is 7.20. The van der Waals surface area contributed by atoms with Crippen molar-refractivity contribution in [2.45, 2.75) is 19.9 Å². The number of rotatable bonds is 5.